The maximum Gasteiger partial charge on any atom is 0.248 e. The van der Waals surface area contributed by atoms with Crippen molar-refractivity contribution in [3.63, 3.8) is 0 Å². The summed E-state index contributed by atoms with van der Waals surface area (Å²) in [5.41, 5.74) is -7.59. The molecule has 21 nitrogen and oxygen atoms in total. The number of hydrogen-bond donors (Lipinski definition) is 10. The summed E-state index contributed by atoms with van der Waals surface area (Å²) in [6, 6.07) is -4.93. The maximum absolute atomic E-state index is 13.9. The molecule has 382 valence electrons. The zero-order valence-electron chi connectivity index (χ0n) is 43.1. The molecule has 0 aliphatic carbocycles. The highest BCUT2D eigenvalue weighted by molar-refractivity contribution is 6.01. The summed E-state index contributed by atoms with van der Waals surface area (Å²) < 4.78 is 0. The van der Waals surface area contributed by atoms with Gasteiger partial charge in [0.15, 0.2) is 0 Å². The Kier molecular flexibility index (Phi) is 21.0. The van der Waals surface area contributed by atoms with Gasteiger partial charge in [-0.2, -0.15) is 0 Å². The van der Waals surface area contributed by atoms with Crippen molar-refractivity contribution in [2.45, 2.75) is 202 Å². The van der Waals surface area contributed by atoms with Crippen LogP contribution in [-0.2, 0) is 47.9 Å². The van der Waals surface area contributed by atoms with Gasteiger partial charge in [-0.15, -0.1) is 0 Å². The molecule has 1 heterocycles. The molecular weight excluding hydrogens is 869 g/mol. The standard InChI is InChI=1S/C46H82N10O11/c1-19-26(6)32(50-39(65)43(11,12)53-35(61)31(25(4)5)48-34(60)30(24(2)3)49-38(64)42(9,10)51-28(8)58)36(62)54-45(15,16)40(66)55-44(13,14)37(63)47-27(7)33(59)52-46(17,18)41(67)56-22-20-21-29(56)23-57/h24-27,29-32,57H,19-23H2,1-18H3,(H,47,63)(H,48,60)(H,49,64)(H,50,65)(H,51,58)(H,52,59)(H,53,61)(H,54,62)(H,55,66)/t26-,27+,29+,30+,31+,32+/m1/s1. The van der Waals surface area contributed by atoms with E-state index in [2.05, 4.69) is 47.9 Å². The van der Waals surface area contributed by atoms with Gasteiger partial charge in [-0.3, -0.25) is 47.9 Å². The predicted molar refractivity (Wildman–Crippen MR) is 251 cm³/mol. The normalized spacial score (nSPS) is 16.9. The summed E-state index contributed by atoms with van der Waals surface area (Å²) in [6.45, 7) is 27.7. The van der Waals surface area contributed by atoms with Gasteiger partial charge in [-0.1, -0.05) is 48.0 Å². The van der Waals surface area contributed by atoms with Gasteiger partial charge in [0.05, 0.1) is 12.6 Å². The SMILES string of the molecule is CC[C@@H](C)[C@H](NC(=O)C(C)(C)NC(=O)[C@@H](NC(=O)[C@@H](NC(=O)C(C)(C)NC(C)=O)C(C)C)C(C)C)C(=O)NC(C)(C)C(=O)NC(C)(C)C(=O)N[C@@H](C)C(=O)NC(C)(C)C(=O)N1CCC[C@H]1CO. The maximum atomic E-state index is 13.9. The molecule has 0 bridgehead atoms. The number of amides is 10. The number of carbonyl (C=O) groups is 10. The largest absolute Gasteiger partial charge is 0.394 e. The summed E-state index contributed by atoms with van der Waals surface area (Å²) in [7, 11) is 0. The molecule has 0 aromatic heterocycles. The lowest BCUT2D eigenvalue weighted by Crippen LogP contribution is -2.67. The number of likely N-dealkylation sites (tertiary alicyclic amines) is 1. The lowest BCUT2D eigenvalue weighted by atomic mass is 9.93. The highest BCUT2D eigenvalue weighted by Gasteiger charge is 2.43. The molecule has 0 radical (unpaired) electrons. The average Bonchev–Trinajstić information content (AvgIpc) is 3.67. The van der Waals surface area contributed by atoms with Crippen LogP contribution in [-0.4, -0.2) is 140 Å². The van der Waals surface area contributed by atoms with Crippen molar-refractivity contribution in [2.75, 3.05) is 13.2 Å². The van der Waals surface area contributed by atoms with Crippen LogP contribution in [0.1, 0.15) is 144 Å². The Morgan fingerprint density at radius 2 is 0.925 bits per heavy atom. The first-order valence-corrected chi connectivity index (χ1v) is 23.1. The molecule has 1 aliphatic rings. The fourth-order valence-corrected chi connectivity index (χ4v) is 7.10. The van der Waals surface area contributed by atoms with Gasteiger partial charge in [0.1, 0.15) is 51.9 Å². The molecule has 6 atom stereocenters. The van der Waals surface area contributed by atoms with Crippen LogP contribution in [0, 0.1) is 17.8 Å². The predicted octanol–water partition coefficient (Wildman–Crippen LogP) is -0.219. The number of hydrogen-bond acceptors (Lipinski definition) is 11. The molecule has 21 heteroatoms. The Morgan fingerprint density at radius 1 is 0.522 bits per heavy atom. The Morgan fingerprint density at radius 3 is 1.39 bits per heavy atom. The monoisotopic (exact) mass is 951 g/mol. The molecule has 67 heavy (non-hydrogen) atoms. The Bertz CT molecular complexity index is 1860. The number of aliphatic hydroxyl groups is 1. The van der Waals surface area contributed by atoms with Crippen molar-refractivity contribution in [3.05, 3.63) is 0 Å². The van der Waals surface area contributed by atoms with E-state index in [9.17, 15) is 53.1 Å². The van der Waals surface area contributed by atoms with E-state index in [1.54, 1.807) is 41.5 Å². The first-order valence-electron chi connectivity index (χ1n) is 23.1. The van der Waals surface area contributed by atoms with Crippen LogP contribution in [0.4, 0.5) is 0 Å². The van der Waals surface area contributed by atoms with E-state index >= 15 is 0 Å². The van der Waals surface area contributed by atoms with Gasteiger partial charge in [0.25, 0.3) is 0 Å². The van der Waals surface area contributed by atoms with Crippen molar-refractivity contribution in [3.8, 4) is 0 Å². The number of nitrogens with one attached hydrogen (secondary N) is 9. The van der Waals surface area contributed by atoms with E-state index in [1.165, 1.54) is 88.0 Å². The molecule has 0 spiro atoms. The first kappa shape index (κ1) is 59.7. The van der Waals surface area contributed by atoms with Gasteiger partial charge in [0.2, 0.25) is 59.1 Å². The van der Waals surface area contributed by atoms with Crippen LogP contribution in [0.2, 0.25) is 0 Å². The fourth-order valence-electron chi connectivity index (χ4n) is 7.10. The van der Waals surface area contributed by atoms with E-state index in [-0.39, 0.29) is 18.6 Å². The Hall–Kier alpha value is -5.34. The second-order valence-electron chi connectivity index (χ2n) is 21.2. The van der Waals surface area contributed by atoms with Crippen LogP contribution in [0.25, 0.3) is 0 Å². The average molecular weight is 951 g/mol. The minimum atomic E-state index is -1.65. The van der Waals surface area contributed by atoms with Crippen LogP contribution in [0.3, 0.4) is 0 Å². The molecule has 1 aliphatic heterocycles. The van der Waals surface area contributed by atoms with Crippen LogP contribution in [0.5, 0.6) is 0 Å². The second kappa shape index (κ2) is 23.6. The van der Waals surface area contributed by atoms with Gasteiger partial charge in [-0.05, 0) is 107 Å². The molecule has 10 amide bonds. The molecule has 0 saturated carbocycles. The molecule has 0 aromatic rings. The van der Waals surface area contributed by atoms with Crippen LogP contribution >= 0.6 is 0 Å². The van der Waals surface area contributed by atoms with Crippen LogP contribution < -0.4 is 47.9 Å². The third kappa shape index (κ3) is 16.7. The zero-order valence-corrected chi connectivity index (χ0v) is 43.1. The molecular formula is C46H82N10O11. The molecule has 10 N–H and O–H groups in total. The summed E-state index contributed by atoms with van der Waals surface area (Å²) in [5.74, 6) is -7.83. The Labute approximate surface area is 396 Å². The molecule has 1 fully saturated rings. The topological polar surface area (TPSA) is 302 Å². The fraction of sp³-hybridized carbons (Fsp3) is 0.783. The minimum Gasteiger partial charge on any atom is -0.394 e. The second-order valence-corrected chi connectivity index (χ2v) is 21.2. The van der Waals surface area contributed by atoms with Crippen molar-refractivity contribution in [1.82, 2.24) is 52.8 Å². The van der Waals surface area contributed by atoms with Crippen molar-refractivity contribution < 1.29 is 53.1 Å². The lowest BCUT2D eigenvalue weighted by molar-refractivity contribution is -0.142. The summed E-state index contributed by atoms with van der Waals surface area (Å²) in [5, 5.41) is 33.4. The minimum absolute atomic E-state index is 0.197. The zero-order chi connectivity index (χ0) is 52.4. The summed E-state index contributed by atoms with van der Waals surface area (Å²) in [6.07, 6.45) is 1.79. The van der Waals surface area contributed by atoms with Crippen molar-refractivity contribution in [2.24, 2.45) is 17.8 Å². The summed E-state index contributed by atoms with van der Waals surface area (Å²) in [4.78, 5) is 135. The number of carbonyl (C=O) groups excluding carboxylic acids is 10. The van der Waals surface area contributed by atoms with E-state index in [0.29, 0.717) is 19.4 Å². The third-order valence-electron chi connectivity index (χ3n) is 11.9. The highest BCUT2D eigenvalue weighted by atomic mass is 16.3. The number of nitrogens with zero attached hydrogens (tertiary/aromatic N) is 1. The third-order valence-corrected chi connectivity index (χ3v) is 11.9. The van der Waals surface area contributed by atoms with Crippen LogP contribution in [0.15, 0.2) is 0 Å². The van der Waals surface area contributed by atoms with Gasteiger partial charge in [-0.25, -0.2) is 0 Å². The first-order chi connectivity index (χ1) is 30.4. The molecule has 0 aromatic carbocycles. The molecule has 1 rings (SSSR count). The quantitative estimate of drug-likeness (QED) is 0.0639. The molecule has 1 saturated heterocycles. The number of aliphatic hydroxyl groups excluding tert-OH is 1. The van der Waals surface area contributed by atoms with E-state index < -0.39 is 123 Å². The number of rotatable bonds is 23. The summed E-state index contributed by atoms with van der Waals surface area (Å²) >= 11 is 0. The lowest BCUT2D eigenvalue weighted by Gasteiger charge is -2.36. The van der Waals surface area contributed by atoms with Gasteiger partial charge >= 0.3 is 0 Å². The molecule has 0 unspecified atom stereocenters. The van der Waals surface area contributed by atoms with E-state index in [0.717, 1.165) is 6.42 Å². The van der Waals surface area contributed by atoms with Gasteiger partial charge in [0, 0.05) is 13.5 Å². The smallest absolute Gasteiger partial charge is 0.248 e. The van der Waals surface area contributed by atoms with E-state index in [1.807, 2.05) is 0 Å². The Balaban J connectivity index is 3.09. The van der Waals surface area contributed by atoms with Crippen molar-refractivity contribution >= 4 is 59.1 Å². The van der Waals surface area contributed by atoms with Gasteiger partial charge < -0.3 is 57.9 Å². The van der Waals surface area contributed by atoms with E-state index in [4.69, 9.17) is 0 Å². The highest BCUT2D eigenvalue weighted by Crippen LogP contribution is 2.22. The van der Waals surface area contributed by atoms with Crippen molar-refractivity contribution in [1.29, 1.82) is 0 Å².